The average Bonchev–Trinajstić information content (AvgIpc) is 2.84. The van der Waals surface area contributed by atoms with Gasteiger partial charge in [0, 0.05) is 25.0 Å². The number of carbonyl (C=O) groups excluding carboxylic acids is 1. The van der Waals surface area contributed by atoms with Crippen molar-refractivity contribution >= 4 is 5.91 Å². The molecule has 1 atom stereocenters. The van der Waals surface area contributed by atoms with Gasteiger partial charge in [0.2, 0.25) is 5.91 Å². The lowest BCUT2D eigenvalue weighted by molar-refractivity contribution is -0.132. The Morgan fingerprint density at radius 1 is 1.46 bits per heavy atom. The molecule has 1 aliphatic carbocycles. The van der Waals surface area contributed by atoms with Crippen LogP contribution in [-0.4, -0.2) is 36.0 Å². The number of hydrogen-bond acceptors (Lipinski definition) is 2. The van der Waals surface area contributed by atoms with E-state index in [1.54, 1.807) is 0 Å². The molecule has 3 heteroatoms. The van der Waals surface area contributed by atoms with Crippen LogP contribution in [0.5, 0.6) is 0 Å². The number of nitrogens with zero attached hydrogens (tertiary/aromatic N) is 1. The summed E-state index contributed by atoms with van der Waals surface area (Å²) in [6.07, 6.45) is 4.24. The molecular formula is C10H18N2O. The molecular weight excluding hydrogens is 164 g/mol. The third-order valence-electron chi connectivity index (χ3n) is 2.86. The first kappa shape index (κ1) is 9.00. The zero-order chi connectivity index (χ0) is 9.26. The Morgan fingerprint density at radius 2 is 2.23 bits per heavy atom. The van der Waals surface area contributed by atoms with E-state index in [-0.39, 0.29) is 0 Å². The second-order valence-electron chi connectivity index (χ2n) is 4.23. The first-order valence-electron chi connectivity index (χ1n) is 5.30. The fraction of sp³-hybridized carbons (Fsp3) is 0.900. The van der Waals surface area contributed by atoms with Crippen LogP contribution in [0.4, 0.5) is 0 Å². The molecule has 1 N–H and O–H groups in total. The molecule has 13 heavy (non-hydrogen) atoms. The molecule has 2 rings (SSSR count). The van der Waals surface area contributed by atoms with E-state index in [1.165, 1.54) is 12.8 Å². The minimum Gasteiger partial charge on any atom is -0.340 e. The zero-order valence-corrected chi connectivity index (χ0v) is 8.25. The average molecular weight is 182 g/mol. The van der Waals surface area contributed by atoms with Crippen LogP contribution in [0.1, 0.15) is 32.6 Å². The van der Waals surface area contributed by atoms with Gasteiger partial charge in [-0.1, -0.05) is 0 Å². The van der Waals surface area contributed by atoms with Gasteiger partial charge in [0.1, 0.15) is 0 Å². The van der Waals surface area contributed by atoms with Gasteiger partial charge >= 0.3 is 0 Å². The highest BCUT2D eigenvalue weighted by Gasteiger charge is 2.32. The molecule has 3 nitrogen and oxygen atoms in total. The summed E-state index contributed by atoms with van der Waals surface area (Å²) < 4.78 is 0. The van der Waals surface area contributed by atoms with Crippen LogP contribution in [-0.2, 0) is 4.79 Å². The van der Waals surface area contributed by atoms with Crippen molar-refractivity contribution in [2.24, 2.45) is 0 Å². The van der Waals surface area contributed by atoms with Crippen LogP contribution >= 0.6 is 0 Å². The summed E-state index contributed by atoms with van der Waals surface area (Å²) in [5.41, 5.74) is 0. The van der Waals surface area contributed by atoms with Crippen LogP contribution in [0.2, 0.25) is 0 Å². The smallest absolute Gasteiger partial charge is 0.224 e. The van der Waals surface area contributed by atoms with E-state index in [0.29, 0.717) is 24.4 Å². The molecule has 0 bridgehead atoms. The van der Waals surface area contributed by atoms with Crippen LogP contribution in [0, 0.1) is 0 Å². The zero-order valence-electron chi connectivity index (χ0n) is 8.25. The summed E-state index contributed by atoms with van der Waals surface area (Å²) in [5, 5.41) is 3.35. The van der Waals surface area contributed by atoms with E-state index < -0.39 is 0 Å². The molecule has 1 unspecified atom stereocenters. The second-order valence-corrected chi connectivity index (χ2v) is 4.23. The molecule has 1 amide bonds. The largest absolute Gasteiger partial charge is 0.340 e. The van der Waals surface area contributed by atoms with Gasteiger partial charge in [-0.2, -0.15) is 0 Å². The van der Waals surface area contributed by atoms with E-state index >= 15 is 0 Å². The summed E-state index contributed by atoms with van der Waals surface area (Å²) in [5.74, 6) is 0.349. The molecule has 2 fully saturated rings. The van der Waals surface area contributed by atoms with Crippen LogP contribution in [0.25, 0.3) is 0 Å². The summed E-state index contributed by atoms with van der Waals surface area (Å²) in [6.45, 7) is 4.11. The van der Waals surface area contributed by atoms with Gasteiger partial charge in [0.15, 0.2) is 0 Å². The molecule has 74 valence electrons. The molecule has 1 aliphatic heterocycles. The van der Waals surface area contributed by atoms with Crippen molar-refractivity contribution in [3.05, 3.63) is 0 Å². The molecule has 0 radical (unpaired) electrons. The first-order chi connectivity index (χ1) is 6.27. The highest BCUT2D eigenvalue weighted by atomic mass is 16.2. The van der Waals surface area contributed by atoms with Crippen molar-refractivity contribution in [3.63, 3.8) is 0 Å². The predicted molar refractivity (Wildman–Crippen MR) is 51.4 cm³/mol. The molecule has 1 heterocycles. The SMILES string of the molecule is CC1CC(=O)N(C2CC2)CCCN1. The van der Waals surface area contributed by atoms with Crippen molar-refractivity contribution in [3.8, 4) is 0 Å². The second kappa shape index (κ2) is 3.66. The lowest BCUT2D eigenvalue weighted by atomic mass is 10.1. The Hall–Kier alpha value is -0.570. The van der Waals surface area contributed by atoms with Gasteiger partial charge in [-0.05, 0) is 32.7 Å². The van der Waals surface area contributed by atoms with Crippen molar-refractivity contribution in [2.45, 2.75) is 44.7 Å². The Labute approximate surface area is 79.5 Å². The minimum absolute atomic E-state index is 0.349. The van der Waals surface area contributed by atoms with E-state index in [9.17, 15) is 4.79 Å². The summed E-state index contributed by atoms with van der Waals surface area (Å²) in [7, 11) is 0. The summed E-state index contributed by atoms with van der Waals surface area (Å²) >= 11 is 0. The third kappa shape index (κ3) is 2.21. The van der Waals surface area contributed by atoms with Gasteiger partial charge in [-0.25, -0.2) is 0 Å². The van der Waals surface area contributed by atoms with Gasteiger partial charge < -0.3 is 10.2 Å². The van der Waals surface area contributed by atoms with Crippen molar-refractivity contribution in [1.29, 1.82) is 0 Å². The molecule has 1 saturated carbocycles. The lowest BCUT2D eigenvalue weighted by Crippen LogP contribution is -2.43. The Morgan fingerprint density at radius 3 is 2.92 bits per heavy atom. The number of rotatable bonds is 1. The molecule has 0 aromatic rings. The normalized spacial score (nSPS) is 31.3. The highest BCUT2D eigenvalue weighted by Crippen LogP contribution is 2.28. The number of amides is 1. The highest BCUT2D eigenvalue weighted by molar-refractivity contribution is 5.77. The number of hydrogen-bond donors (Lipinski definition) is 1. The van der Waals surface area contributed by atoms with E-state index in [4.69, 9.17) is 0 Å². The van der Waals surface area contributed by atoms with Gasteiger partial charge in [-0.15, -0.1) is 0 Å². The van der Waals surface area contributed by atoms with E-state index in [0.717, 1.165) is 19.5 Å². The molecule has 0 aromatic carbocycles. The lowest BCUT2D eigenvalue weighted by Gasteiger charge is -2.27. The summed E-state index contributed by atoms with van der Waals surface area (Å²) in [4.78, 5) is 13.8. The van der Waals surface area contributed by atoms with Crippen LogP contribution in [0.15, 0.2) is 0 Å². The summed E-state index contributed by atoms with van der Waals surface area (Å²) in [6, 6.07) is 0.951. The quantitative estimate of drug-likeness (QED) is 0.649. The van der Waals surface area contributed by atoms with Crippen LogP contribution in [0.3, 0.4) is 0 Å². The maximum absolute atomic E-state index is 11.7. The number of carbonyl (C=O) groups is 1. The predicted octanol–water partition coefficient (Wildman–Crippen LogP) is 0.749. The fourth-order valence-corrected chi connectivity index (χ4v) is 1.95. The monoisotopic (exact) mass is 182 g/mol. The molecule has 0 aromatic heterocycles. The maximum Gasteiger partial charge on any atom is 0.224 e. The van der Waals surface area contributed by atoms with Crippen LogP contribution < -0.4 is 5.32 Å². The van der Waals surface area contributed by atoms with E-state index in [2.05, 4.69) is 17.1 Å². The topological polar surface area (TPSA) is 32.3 Å². The minimum atomic E-state index is 0.349. The van der Waals surface area contributed by atoms with Gasteiger partial charge in [0.25, 0.3) is 0 Å². The van der Waals surface area contributed by atoms with E-state index in [1.807, 2.05) is 0 Å². The number of nitrogens with one attached hydrogen (secondary N) is 1. The molecule has 1 saturated heterocycles. The van der Waals surface area contributed by atoms with Crippen molar-refractivity contribution in [1.82, 2.24) is 10.2 Å². The van der Waals surface area contributed by atoms with Gasteiger partial charge in [0.05, 0.1) is 0 Å². The Bertz CT molecular complexity index is 201. The van der Waals surface area contributed by atoms with Crippen molar-refractivity contribution < 1.29 is 4.79 Å². The molecule has 2 aliphatic rings. The Balaban J connectivity index is 1.95. The third-order valence-corrected chi connectivity index (χ3v) is 2.86. The first-order valence-corrected chi connectivity index (χ1v) is 5.30. The van der Waals surface area contributed by atoms with Gasteiger partial charge in [-0.3, -0.25) is 4.79 Å². The fourth-order valence-electron chi connectivity index (χ4n) is 1.95. The van der Waals surface area contributed by atoms with Crippen molar-refractivity contribution in [2.75, 3.05) is 13.1 Å². The Kier molecular flexibility index (Phi) is 2.54. The molecule has 0 spiro atoms. The maximum atomic E-state index is 11.7. The standard InChI is InChI=1S/C10H18N2O/c1-8-7-10(13)12(9-3-4-9)6-2-5-11-8/h8-9,11H,2-7H2,1H3.